The Balaban J connectivity index is 2.14. The van der Waals surface area contributed by atoms with Crippen molar-refractivity contribution in [2.45, 2.75) is 26.8 Å². The summed E-state index contributed by atoms with van der Waals surface area (Å²) in [6, 6.07) is 9.16. The van der Waals surface area contributed by atoms with Gasteiger partial charge in [-0.2, -0.15) is 0 Å². The number of rotatable bonds is 6. The maximum Gasteiger partial charge on any atom is 0.219 e. The van der Waals surface area contributed by atoms with Gasteiger partial charge in [0.1, 0.15) is 5.75 Å². The lowest BCUT2D eigenvalue weighted by Crippen LogP contribution is -2.15. The van der Waals surface area contributed by atoms with E-state index in [-0.39, 0.29) is 0 Å². The molecule has 0 saturated carbocycles. The summed E-state index contributed by atoms with van der Waals surface area (Å²) in [5.74, 6) is 1.07. The lowest BCUT2D eigenvalue weighted by Gasteiger charge is -2.10. The third-order valence-electron chi connectivity index (χ3n) is 2.91. The molecule has 0 unspecified atom stereocenters. The number of halogens is 2. The van der Waals surface area contributed by atoms with Crippen LogP contribution in [0.25, 0.3) is 0 Å². The van der Waals surface area contributed by atoms with Crippen molar-refractivity contribution in [2.75, 3.05) is 6.54 Å². The SMILES string of the molecule is CCCNCc1nc(Oc2ccc(C)cc2Cl)ccc1Cl. The fourth-order valence-electron chi connectivity index (χ4n) is 1.83. The van der Waals surface area contributed by atoms with Crippen LogP contribution in [0.3, 0.4) is 0 Å². The molecular weight excluding hydrogens is 307 g/mol. The maximum atomic E-state index is 6.16. The Morgan fingerprint density at radius 2 is 1.95 bits per heavy atom. The predicted octanol–water partition coefficient (Wildman–Crippen LogP) is 4.99. The number of aromatic nitrogens is 1. The first-order valence-corrected chi connectivity index (χ1v) is 7.66. The van der Waals surface area contributed by atoms with Crippen LogP contribution in [-0.4, -0.2) is 11.5 Å². The Kier molecular flexibility index (Phi) is 5.85. The van der Waals surface area contributed by atoms with Crippen LogP contribution in [0.1, 0.15) is 24.6 Å². The number of ether oxygens (including phenoxy) is 1. The molecule has 0 saturated heterocycles. The standard InChI is InChI=1S/C16H18Cl2N2O/c1-3-8-19-10-14-12(17)5-7-16(20-14)21-15-6-4-11(2)9-13(15)18/h4-7,9,19H,3,8,10H2,1-2H3. The second kappa shape index (κ2) is 7.64. The van der Waals surface area contributed by atoms with Crippen LogP contribution in [0.4, 0.5) is 0 Å². The number of hydrogen-bond acceptors (Lipinski definition) is 3. The molecular formula is C16H18Cl2N2O. The smallest absolute Gasteiger partial charge is 0.219 e. The number of pyridine rings is 1. The molecule has 21 heavy (non-hydrogen) atoms. The molecule has 0 aliphatic heterocycles. The largest absolute Gasteiger partial charge is 0.437 e. The van der Waals surface area contributed by atoms with Gasteiger partial charge in [-0.05, 0) is 43.7 Å². The summed E-state index contributed by atoms with van der Waals surface area (Å²) < 4.78 is 5.74. The second-order valence-electron chi connectivity index (χ2n) is 4.79. The zero-order valence-electron chi connectivity index (χ0n) is 12.1. The van der Waals surface area contributed by atoms with Crippen molar-refractivity contribution in [1.29, 1.82) is 0 Å². The van der Waals surface area contributed by atoms with E-state index in [4.69, 9.17) is 27.9 Å². The average Bonchev–Trinajstić information content (AvgIpc) is 2.45. The highest BCUT2D eigenvalue weighted by Crippen LogP contribution is 2.30. The van der Waals surface area contributed by atoms with E-state index in [2.05, 4.69) is 17.2 Å². The van der Waals surface area contributed by atoms with E-state index < -0.39 is 0 Å². The van der Waals surface area contributed by atoms with Crippen molar-refractivity contribution in [3.05, 3.63) is 51.6 Å². The van der Waals surface area contributed by atoms with Crippen LogP contribution >= 0.6 is 23.2 Å². The quantitative estimate of drug-likeness (QED) is 0.760. The first-order chi connectivity index (χ1) is 10.1. The molecule has 3 nitrogen and oxygen atoms in total. The summed E-state index contributed by atoms with van der Waals surface area (Å²) in [5.41, 5.74) is 1.85. The van der Waals surface area contributed by atoms with Gasteiger partial charge in [-0.3, -0.25) is 0 Å². The van der Waals surface area contributed by atoms with Gasteiger partial charge >= 0.3 is 0 Å². The monoisotopic (exact) mass is 324 g/mol. The van der Waals surface area contributed by atoms with Gasteiger partial charge in [0.25, 0.3) is 0 Å². The minimum atomic E-state index is 0.485. The molecule has 2 aromatic rings. The molecule has 0 spiro atoms. The van der Waals surface area contributed by atoms with E-state index in [9.17, 15) is 0 Å². The number of nitrogens with zero attached hydrogens (tertiary/aromatic N) is 1. The fourth-order valence-corrected chi connectivity index (χ4v) is 2.28. The first-order valence-electron chi connectivity index (χ1n) is 6.90. The third-order valence-corrected chi connectivity index (χ3v) is 3.55. The van der Waals surface area contributed by atoms with Crippen LogP contribution in [0.2, 0.25) is 10.0 Å². The van der Waals surface area contributed by atoms with Gasteiger partial charge in [0, 0.05) is 12.6 Å². The highest BCUT2D eigenvalue weighted by molar-refractivity contribution is 6.32. The number of hydrogen-bond donors (Lipinski definition) is 1. The zero-order valence-corrected chi connectivity index (χ0v) is 13.6. The van der Waals surface area contributed by atoms with Crippen LogP contribution in [0, 0.1) is 6.92 Å². The lowest BCUT2D eigenvalue weighted by atomic mass is 10.2. The molecule has 0 aliphatic rings. The molecule has 0 fully saturated rings. The van der Waals surface area contributed by atoms with Gasteiger partial charge in [-0.1, -0.05) is 36.2 Å². The van der Waals surface area contributed by atoms with E-state index in [1.807, 2.05) is 25.1 Å². The molecule has 112 valence electrons. The minimum absolute atomic E-state index is 0.485. The lowest BCUT2D eigenvalue weighted by molar-refractivity contribution is 0.459. The van der Waals surface area contributed by atoms with Crippen molar-refractivity contribution in [3.63, 3.8) is 0 Å². The van der Waals surface area contributed by atoms with E-state index in [1.165, 1.54) is 0 Å². The average molecular weight is 325 g/mol. The van der Waals surface area contributed by atoms with Crippen molar-refractivity contribution >= 4 is 23.2 Å². The van der Waals surface area contributed by atoms with Crippen molar-refractivity contribution in [3.8, 4) is 11.6 Å². The van der Waals surface area contributed by atoms with Crippen LogP contribution in [0.5, 0.6) is 11.6 Å². The number of aryl methyl sites for hydroxylation is 1. The third kappa shape index (κ3) is 4.60. The van der Waals surface area contributed by atoms with Crippen molar-refractivity contribution in [1.82, 2.24) is 10.3 Å². The summed E-state index contributed by atoms with van der Waals surface area (Å²) in [6.07, 6.45) is 1.06. The highest BCUT2D eigenvalue weighted by Gasteiger charge is 2.08. The molecule has 2 rings (SSSR count). The Morgan fingerprint density at radius 1 is 1.14 bits per heavy atom. The summed E-state index contributed by atoms with van der Waals surface area (Å²) in [4.78, 5) is 4.43. The van der Waals surface area contributed by atoms with Gasteiger partial charge in [0.15, 0.2) is 0 Å². The van der Waals surface area contributed by atoms with Gasteiger partial charge in [0.05, 0.1) is 15.7 Å². The molecule has 1 N–H and O–H groups in total. The molecule has 1 aromatic heterocycles. The predicted molar refractivity (Wildman–Crippen MR) is 87.5 cm³/mol. The summed E-state index contributed by atoms with van der Waals surface area (Å²) in [7, 11) is 0. The van der Waals surface area contributed by atoms with Gasteiger partial charge in [-0.15, -0.1) is 0 Å². The topological polar surface area (TPSA) is 34.2 Å². The molecule has 1 aromatic carbocycles. The molecule has 5 heteroatoms. The van der Waals surface area contributed by atoms with Crippen LogP contribution < -0.4 is 10.1 Å². The fraction of sp³-hybridized carbons (Fsp3) is 0.312. The van der Waals surface area contributed by atoms with Crippen molar-refractivity contribution < 1.29 is 4.74 Å². The molecule has 0 atom stereocenters. The zero-order chi connectivity index (χ0) is 15.2. The Bertz CT molecular complexity index is 617. The van der Waals surface area contributed by atoms with E-state index in [0.29, 0.717) is 28.2 Å². The molecule has 0 radical (unpaired) electrons. The molecule has 0 amide bonds. The Labute approximate surface area is 135 Å². The first kappa shape index (κ1) is 16.1. The summed E-state index contributed by atoms with van der Waals surface area (Å²) >= 11 is 12.3. The molecule has 1 heterocycles. The second-order valence-corrected chi connectivity index (χ2v) is 5.61. The number of nitrogens with one attached hydrogen (secondary N) is 1. The normalized spacial score (nSPS) is 10.7. The van der Waals surface area contributed by atoms with Gasteiger partial charge < -0.3 is 10.1 Å². The Morgan fingerprint density at radius 3 is 2.67 bits per heavy atom. The Hall–Kier alpha value is -1.29. The van der Waals surface area contributed by atoms with Crippen molar-refractivity contribution in [2.24, 2.45) is 0 Å². The highest BCUT2D eigenvalue weighted by atomic mass is 35.5. The van der Waals surface area contributed by atoms with Gasteiger partial charge in [0.2, 0.25) is 5.88 Å². The summed E-state index contributed by atoms with van der Waals surface area (Å²) in [6.45, 7) is 5.63. The van der Waals surface area contributed by atoms with Crippen LogP contribution in [0.15, 0.2) is 30.3 Å². The van der Waals surface area contributed by atoms with E-state index in [1.54, 1.807) is 12.1 Å². The molecule has 0 bridgehead atoms. The molecule has 0 aliphatic carbocycles. The maximum absolute atomic E-state index is 6.16. The minimum Gasteiger partial charge on any atom is -0.437 e. The number of benzene rings is 1. The summed E-state index contributed by atoms with van der Waals surface area (Å²) in [5, 5.41) is 4.47. The van der Waals surface area contributed by atoms with E-state index in [0.717, 1.165) is 24.2 Å². The van der Waals surface area contributed by atoms with Crippen LogP contribution in [-0.2, 0) is 6.54 Å². The van der Waals surface area contributed by atoms with Gasteiger partial charge in [-0.25, -0.2) is 4.98 Å². The van der Waals surface area contributed by atoms with E-state index >= 15 is 0 Å².